The molecule has 8 nitrogen and oxygen atoms in total. The maximum atomic E-state index is 11.5. The summed E-state index contributed by atoms with van der Waals surface area (Å²) in [6, 6.07) is 3.60. The van der Waals surface area contributed by atoms with Gasteiger partial charge in [-0.05, 0) is 32.9 Å². The average Bonchev–Trinajstić information content (AvgIpc) is 2.42. The summed E-state index contributed by atoms with van der Waals surface area (Å²) in [6.07, 6.45) is 0.954. The van der Waals surface area contributed by atoms with Crippen LogP contribution in [0.4, 0.5) is 16.4 Å². The van der Waals surface area contributed by atoms with E-state index in [-0.39, 0.29) is 0 Å². The number of nitrogen functional groups attached to an aromatic ring is 1. The highest BCUT2D eigenvalue weighted by molar-refractivity contribution is 5.84. The van der Waals surface area contributed by atoms with Gasteiger partial charge in [0.05, 0.1) is 5.52 Å². The van der Waals surface area contributed by atoms with E-state index in [9.17, 15) is 4.79 Å². The van der Waals surface area contributed by atoms with Gasteiger partial charge in [-0.15, -0.1) is 0 Å². The molecule has 0 radical (unpaired) electrons. The van der Waals surface area contributed by atoms with Gasteiger partial charge in [0.2, 0.25) is 0 Å². The first-order valence-corrected chi connectivity index (χ1v) is 6.93. The summed E-state index contributed by atoms with van der Waals surface area (Å²) in [5.41, 5.74) is 6.49. The Morgan fingerprint density at radius 2 is 2.05 bits per heavy atom. The second-order valence-electron chi connectivity index (χ2n) is 5.68. The van der Waals surface area contributed by atoms with E-state index in [2.05, 4.69) is 25.6 Å². The van der Waals surface area contributed by atoms with Crippen LogP contribution in [0.3, 0.4) is 0 Å². The van der Waals surface area contributed by atoms with Crippen molar-refractivity contribution in [2.45, 2.75) is 26.4 Å². The Bertz CT molecular complexity index is 668. The molecule has 0 aromatic carbocycles. The van der Waals surface area contributed by atoms with Crippen LogP contribution in [0.2, 0.25) is 0 Å². The SMILES string of the molecule is CC(C)(C)OC(=O)NCCNc1ccc2ncnc(N)c2n1. The highest BCUT2D eigenvalue weighted by Crippen LogP contribution is 2.16. The van der Waals surface area contributed by atoms with Crippen LogP contribution < -0.4 is 16.4 Å². The molecule has 22 heavy (non-hydrogen) atoms. The van der Waals surface area contributed by atoms with E-state index in [0.717, 1.165) is 0 Å². The summed E-state index contributed by atoms with van der Waals surface area (Å²) >= 11 is 0. The summed E-state index contributed by atoms with van der Waals surface area (Å²) in [6.45, 7) is 6.36. The zero-order valence-electron chi connectivity index (χ0n) is 12.9. The predicted molar refractivity (Wildman–Crippen MR) is 84.5 cm³/mol. The van der Waals surface area contributed by atoms with Gasteiger partial charge >= 0.3 is 6.09 Å². The number of alkyl carbamates (subject to hydrolysis) is 1. The van der Waals surface area contributed by atoms with Crippen molar-refractivity contribution in [2.24, 2.45) is 0 Å². The first-order valence-electron chi connectivity index (χ1n) is 6.93. The van der Waals surface area contributed by atoms with Crippen LogP contribution >= 0.6 is 0 Å². The lowest BCUT2D eigenvalue weighted by molar-refractivity contribution is 0.0530. The van der Waals surface area contributed by atoms with Crippen molar-refractivity contribution in [2.75, 3.05) is 24.1 Å². The van der Waals surface area contributed by atoms with Crippen LogP contribution in [-0.4, -0.2) is 39.7 Å². The molecule has 2 heterocycles. The monoisotopic (exact) mass is 304 g/mol. The van der Waals surface area contributed by atoms with E-state index in [1.54, 1.807) is 6.07 Å². The number of aromatic nitrogens is 3. The van der Waals surface area contributed by atoms with E-state index < -0.39 is 11.7 Å². The first kappa shape index (κ1) is 15.7. The Balaban J connectivity index is 1.85. The fourth-order valence-electron chi connectivity index (χ4n) is 1.73. The number of nitrogens with zero attached hydrogens (tertiary/aromatic N) is 3. The molecule has 0 saturated carbocycles. The Kier molecular flexibility index (Phi) is 4.59. The molecule has 2 aromatic heterocycles. The minimum absolute atomic E-state index is 0.334. The summed E-state index contributed by atoms with van der Waals surface area (Å²) in [7, 11) is 0. The van der Waals surface area contributed by atoms with Crippen molar-refractivity contribution >= 4 is 28.8 Å². The number of nitrogens with one attached hydrogen (secondary N) is 2. The van der Waals surface area contributed by atoms with Gasteiger partial charge in [-0.1, -0.05) is 0 Å². The number of nitrogens with two attached hydrogens (primary N) is 1. The maximum absolute atomic E-state index is 11.5. The minimum atomic E-state index is -0.505. The quantitative estimate of drug-likeness (QED) is 0.734. The van der Waals surface area contributed by atoms with Crippen LogP contribution in [0.25, 0.3) is 11.0 Å². The standard InChI is InChI=1S/C14H20N6O2/c1-14(2,3)22-13(21)17-7-6-16-10-5-4-9-11(20-10)12(15)19-8-18-9/h4-5,8H,6-7H2,1-3H3,(H,16,20)(H,17,21)(H2,15,18,19). The third-order valence-corrected chi connectivity index (χ3v) is 2.61. The fourth-order valence-corrected chi connectivity index (χ4v) is 1.73. The highest BCUT2D eigenvalue weighted by atomic mass is 16.6. The van der Waals surface area contributed by atoms with Crippen LogP contribution in [0, 0.1) is 0 Å². The smallest absolute Gasteiger partial charge is 0.407 e. The molecule has 2 aromatic rings. The summed E-state index contributed by atoms with van der Waals surface area (Å²) in [5.74, 6) is 0.973. The average molecular weight is 304 g/mol. The molecular formula is C14H20N6O2. The number of amides is 1. The lowest BCUT2D eigenvalue weighted by Gasteiger charge is -2.19. The topological polar surface area (TPSA) is 115 Å². The van der Waals surface area contributed by atoms with Crippen molar-refractivity contribution in [3.05, 3.63) is 18.5 Å². The van der Waals surface area contributed by atoms with Crippen molar-refractivity contribution in [1.29, 1.82) is 0 Å². The van der Waals surface area contributed by atoms with E-state index in [1.807, 2.05) is 26.8 Å². The number of ether oxygens (including phenoxy) is 1. The fraction of sp³-hybridized carbons (Fsp3) is 0.429. The zero-order valence-corrected chi connectivity index (χ0v) is 12.9. The van der Waals surface area contributed by atoms with Crippen molar-refractivity contribution in [1.82, 2.24) is 20.3 Å². The van der Waals surface area contributed by atoms with E-state index in [1.165, 1.54) is 6.33 Å². The molecule has 0 saturated heterocycles. The molecule has 1 amide bonds. The van der Waals surface area contributed by atoms with E-state index in [4.69, 9.17) is 10.5 Å². The number of pyridine rings is 1. The molecule has 0 fully saturated rings. The van der Waals surface area contributed by atoms with Gasteiger partial charge < -0.3 is 21.1 Å². The third-order valence-electron chi connectivity index (χ3n) is 2.61. The molecule has 0 unspecified atom stereocenters. The zero-order chi connectivity index (χ0) is 16.2. The van der Waals surface area contributed by atoms with Gasteiger partial charge in [-0.2, -0.15) is 0 Å². The molecular weight excluding hydrogens is 284 g/mol. The Labute approximate surface area is 128 Å². The number of anilines is 2. The Hall–Kier alpha value is -2.64. The normalized spacial score (nSPS) is 11.2. The Morgan fingerprint density at radius 3 is 2.77 bits per heavy atom. The van der Waals surface area contributed by atoms with Crippen LogP contribution in [0.5, 0.6) is 0 Å². The first-order chi connectivity index (χ1) is 10.3. The van der Waals surface area contributed by atoms with Gasteiger partial charge in [0.1, 0.15) is 23.3 Å². The van der Waals surface area contributed by atoms with Crippen molar-refractivity contribution in [3.8, 4) is 0 Å². The maximum Gasteiger partial charge on any atom is 0.407 e. The van der Waals surface area contributed by atoms with E-state index >= 15 is 0 Å². The minimum Gasteiger partial charge on any atom is -0.444 e. The molecule has 0 aliphatic carbocycles. The molecule has 4 N–H and O–H groups in total. The third kappa shape index (κ3) is 4.44. The largest absolute Gasteiger partial charge is 0.444 e. The Morgan fingerprint density at radius 1 is 1.27 bits per heavy atom. The second kappa shape index (κ2) is 6.42. The number of carbonyl (C=O) groups excluding carboxylic acids is 1. The molecule has 8 heteroatoms. The van der Waals surface area contributed by atoms with Crippen LogP contribution in [0.15, 0.2) is 18.5 Å². The molecule has 0 spiro atoms. The van der Waals surface area contributed by atoms with Crippen LogP contribution in [0.1, 0.15) is 20.8 Å². The lowest BCUT2D eigenvalue weighted by atomic mass is 10.2. The second-order valence-corrected chi connectivity index (χ2v) is 5.68. The number of rotatable bonds is 4. The molecule has 0 aliphatic rings. The summed E-state index contributed by atoms with van der Waals surface area (Å²) < 4.78 is 5.14. The molecule has 2 rings (SSSR count). The van der Waals surface area contributed by atoms with Gasteiger partial charge in [-0.3, -0.25) is 0 Å². The van der Waals surface area contributed by atoms with Gasteiger partial charge in [0.15, 0.2) is 5.82 Å². The summed E-state index contributed by atoms with van der Waals surface area (Å²) in [5, 5.41) is 5.75. The number of hydrogen-bond acceptors (Lipinski definition) is 7. The molecule has 0 bridgehead atoms. The van der Waals surface area contributed by atoms with Crippen molar-refractivity contribution in [3.63, 3.8) is 0 Å². The predicted octanol–water partition coefficient (Wildman–Crippen LogP) is 1.54. The van der Waals surface area contributed by atoms with Crippen LogP contribution in [-0.2, 0) is 4.74 Å². The number of fused-ring (bicyclic) bond motifs is 1. The van der Waals surface area contributed by atoms with E-state index in [0.29, 0.717) is 35.8 Å². The lowest BCUT2D eigenvalue weighted by Crippen LogP contribution is -2.35. The summed E-state index contributed by atoms with van der Waals surface area (Å²) in [4.78, 5) is 23.8. The molecule has 0 atom stereocenters. The molecule has 118 valence electrons. The van der Waals surface area contributed by atoms with Gasteiger partial charge in [0, 0.05) is 13.1 Å². The van der Waals surface area contributed by atoms with Gasteiger partial charge in [-0.25, -0.2) is 19.7 Å². The number of carbonyl (C=O) groups is 1. The van der Waals surface area contributed by atoms with Crippen molar-refractivity contribution < 1.29 is 9.53 Å². The number of hydrogen-bond donors (Lipinski definition) is 3. The molecule has 0 aliphatic heterocycles. The highest BCUT2D eigenvalue weighted by Gasteiger charge is 2.15. The van der Waals surface area contributed by atoms with Gasteiger partial charge in [0.25, 0.3) is 0 Å².